The Hall–Kier alpha value is -0.770. The van der Waals surface area contributed by atoms with Crippen molar-refractivity contribution in [1.29, 1.82) is 0 Å². The van der Waals surface area contributed by atoms with Gasteiger partial charge in [0.05, 0.1) is 15.6 Å². The van der Waals surface area contributed by atoms with Crippen LogP contribution in [0.1, 0.15) is 23.2 Å². The van der Waals surface area contributed by atoms with E-state index in [0.717, 1.165) is 19.4 Å². The molecular formula is C12H14Cl2N2O. The molecule has 2 rings (SSSR count). The van der Waals surface area contributed by atoms with E-state index in [1.54, 1.807) is 23.1 Å². The first-order valence-corrected chi connectivity index (χ1v) is 6.34. The van der Waals surface area contributed by atoms with Crippen LogP contribution in [0.4, 0.5) is 0 Å². The number of likely N-dealkylation sites (tertiary alicyclic amines) is 1. The Morgan fingerprint density at radius 1 is 1.41 bits per heavy atom. The van der Waals surface area contributed by atoms with E-state index in [1.165, 1.54) is 0 Å². The molecule has 2 N–H and O–H groups in total. The van der Waals surface area contributed by atoms with Gasteiger partial charge in [0, 0.05) is 19.1 Å². The molecule has 0 unspecified atom stereocenters. The summed E-state index contributed by atoms with van der Waals surface area (Å²) >= 11 is 11.9. The number of hydrogen-bond donors (Lipinski definition) is 1. The summed E-state index contributed by atoms with van der Waals surface area (Å²) < 4.78 is 0. The van der Waals surface area contributed by atoms with E-state index in [2.05, 4.69) is 0 Å². The minimum absolute atomic E-state index is 0.0608. The zero-order chi connectivity index (χ0) is 12.4. The predicted octanol–water partition coefficient (Wildman–Crippen LogP) is 2.56. The van der Waals surface area contributed by atoms with Crippen LogP contribution in [0.3, 0.4) is 0 Å². The third-order valence-corrected chi connectivity index (χ3v) is 3.75. The highest BCUT2D eigenvalue weighted by atomic mass is 35.5. The summed E-state index contributed by atoms with van der Waals surface area (Å²) in [6, 6.07) is 5.15. The maximum Gasteiger partial charge on any atom is 0.255 e. The molecule has 17 heavy (non-hydrogen) atoms. The van der Waals surface area contributed by atoms with Gasteiger partial charge in [0.2, 0.25) is 0 Å². The highest BCUT2D eigenvalue weighted by molar-refractivity contribution is 6.43. The molecule has 1 aromatic carbocycles. The van der Waals surface area contributed by atoms with Crippen molar-refractivity contribution < 1.29 is 4.79 Å². The summed E-state index contributed by atoms with van der Waals surface area (Å²) in [5.41, 5.74) is 6.31. The molecule has 1 aliphatic heterocycles. The van der Waals surface area contributed by atoms with Crippen molar-refractivity contribution >= 4 is 29.1 Å². The fraction of sp³-hybridized carbons (Fsp3) is 0.417. The Balaban J connectivity index is 2.22. The van der Waals surface area contributed by atoms with Gasteiger partial charge in [-0.2, -0.15) is 0 Å². The van der Waals surface area contributed by atoms with Gasteiger partial charge in [-0.05, 0) is 25.0 Å². The van der Waals surface area contributed by atoms with Crippen molar-refractivity contribution in [2.45, 2.75) is 18.9 Å². The van der Waals surface area contributed by atoms with Crippen LogP contribution in [-0.4, -0.2) is 29.9 Å². The number of carbonyl (C=O) groups is 1. The number of halogens is 2. The molecule has 3 nitrogen and oxygen atoms in total. The molecule has 92 valence electrons. The average molecular weight is 273 g/mol. The largest absolute Gasteiger partial charge is 0.337 e. The molecule has 1 aliphatic rings. The minimum Gasteiger partial charge on any atom is -0.337 e. The second kappa shape index (κ2) is 5.25. The molecule has 1 saturated heterocycles. The van der Waals surface area contributed by atoms with Gasteiger partial charge in [0.25, 0.3) is 5.91 Å². The van der Waals surface area contributed by atoms with E-state index in [9.17, 15) is 4.79 Å². The number of piperidine rings is 1. The summed E-state index contributed by atoms with van der Waals surface area (Å²) in [4.78, 5) is 14.0. The highest BCUT2D eigenvalue weighted by Crippen LogP contribution is 2.27. The molecule has 0 radical (unpaired) electrons. The maximum atomic E-state index is 12.2. The lowest BCUT2D eigenvalue weighted by atomic mass is 10.1. The van der Waals surface area contributed by atoms with Gasteiger partial charge >= 0.3 is 0 Å². The van der Waals surface area contributed by atoms with E-state index >= 15 is 0 Å². The number of hydrogen-bond acceptors (Lipinski definition) is 2. The van der Waals surface area contributed by atoms with Crippen LogP contribution < -0.4 is 5.73 Å². The molecule has 0 aliphatic carbocycles. The van der Waals surface area contributed by atoms with Crippen LogP contribution in [0.2, 0.25) is 10.0 Å². The molecule has 1 atom stereocenters. The second-order valence-corrected chi connectivity index (χ2v) is 5.04. The number of amides is 1. The van der Waals surface area contributed by atoms with Gasteiger partial charge in [-0.25, -0.2) is 0 Å². The predicted molar refractivity (Wildman–Crippen MR) is 69.6 cm³/mol. The molecule has 1 fully saturated rings. The normalized spacial score (nSPS) is 20.4. The van der Waals surface area contributed by atoms with Crippen molar-refractivity contribution in [2.75, 3.05) is 13.1 Å². The van der Waals surface area contributed by atoms with Gasteiger partial charge in [0.15, 0.2) is 0 Å². The number of carbonyl (C=O) groups excluding carboxylic acids is 1. The van der Waals surface area contributed by atoms with Gasteiger partial charge in [-0.3, -0.25) is 4.79 Å². The van der Waals surface area contributed by atoms with Crippen molar-refractivity contribution in [3.05, 3.63) is 33.8 Å². The fourth-order valence-electron chi connectivity index (χ4n) is 2.03. The number of nitrogens with two attached hydrogens (primary N) is 1. The topological polar surface area (TPSA) is 46.3 Å². The van der Waals surface area contributed by atoms with Gasteiger partial charge in [-0.15, -0.1) is 0 Å². The van der Waals surface area contributed by atoms with Crippen LogP contribution in [0.25, 0.3) is 0 Å². The first-order chi connectivity index (χ1) is 8.09. The van der Waals surface area contributed by atoms with Crippen molar-refractivity contribution in [1.82, 2.24) is 4.90 Å². The number of nitrogens with zero attached hydrogens (tertiary/aromatic N) is 1. The average Bonchev–Trinajstić information content (AvgIpc) is 2.32. The zero-order valence-corrected chi connectivity index (χ0v) is 10.8. The third kappa shape index (κ3) is 2.73. The molecule has 0 bridgehead atoms. The van der Waals surface area contributed by atoms with E-state index in [1.807, 2.05) is 0 Å². The van der Waals surface area contributed by atoms with Crippen LogP contribution in [0, 0.1) is 0 Å². The van der Waals surface area contributed by atoms with Gasteiger partial charge < -0.3 is 10.6 Å². The summed E-state index contributed by atoms with van der Waals surface area (Å²) in [6.45, 7) is 1.32. The summed E-state index contributed by atoms with van der Waals surface area (Å²) in [5.74, 6) is -0.0901. The fourth-order valence-corrected chi connectivity index (χ4v) is 2.42. The van der Waals surface area contributed by atoms with E-state index in [0.29, 0.717) is 22.2 Å². The maximum absolute atomic E-state index is 12.2. The van der Waals surface area contributed by atoms with E-state index < -0.39 is 0 Å². The SMILES string of the molecule is N[C@@H]1CCCN(C(=O)c2cccc(Cl)c2Cl)C1. The smallest absolute Gasteiger partial charge is 0.255 e. The van der Waals surface area contributed by atoms with Crippen LogP contribution >= 0.6 is 23.2 Å². The quantitative estimate of drug-likeness (QED) is 0.854. The first kappa shape index (κ1) is 12.7. The number of benzene rings is 1. The molecule has 0 saturated carbocycles. The lowest BCUT2D eigenvalue weighted by Gasteiger charge is -2.31. The van der Waals surface area contributed by atoms with Gasteiger partial charge in [0.1, 0.15) is 0 Å². The Morgan fingerprint density at radius 3 is 2.88 bits per heavy atom. The Morgan fingerprint density at radius 2 is 2.18 bits per heavy atom. The van der Waals surface area contributed by atoms with Gasteiger partial charge in [-0.1, -0.05) is 29.3 Å². The van der Waals surface area contributed by atoms with Crippen molar-refractivity contribution in [3.8, 4) is 0 Å². The molecule has 1 aromatic rings. The Kier molecular flexibility index (Phi) is 3.92. The third-order valence-electron chi connectivity index (χ3n) is 2.93. The minimum atomic E-state index is -0.0901. The van der Waals surface area contributed by atoms with E-state index in [4.69, 9.17) is 28.9 Å². The number of rotatable bonds is 1. The van der Waals surface area contributed by atoms with Crippen LogP contribution in [-0.2, 0) is 0 Å². The lowest BCUT2D eigenvalue weighted by molar-refractivity contribution is 0.0709. The van der Waals surface area contributed by atoms with Crippen molar-refractivity contribution in [2.24, 2.45) is 5.73 Å². The highest BCUT2D eigenvalue weighted by Gasteiger charge is 2.24. The summed E-state index contributed by atoms with van der Waals surface area (Å²) in [5, 5.41) is 0.720. The van der Waals surface area contributed by atoms with Crippen LogP contribution in [0.5, 0.6) is 0 Å². The molecule has 5 heteroatoms. The Bertz CT molecular complexity index is 437. The Labute approximate surface area is 110 Å². The molecule has 1 amide bonds. The van der Waals surface area contributed by atoms with Crippen molar-refractivity contribution in [3.63, 3.8) is 0 Å². The van der Waals surface area contributed by atoms with E-state index in [-0.39, 0.29) is 11.9 Å². The molecule has 0 aromatic heterocycles. The monoisotopic (exact) mass is 272 g/mol. The molecule has 0 spiro atoms. The molecule has 1 heterocycles. The van der Waals surface area contributed by atoms with Crippen LogP contribution in [0.15, 0.2) is 18.2 Å². The standard InChI is InChI=1S/C12H14Cl2N2O/c13-10-5-1-4-9(11(10)14)12(17)16-6-2-3-8(15)7-16/h1,4-5,8H,2-3,6-7,15H2/t8-/m1/s1. The molecular weight excluding hydrogens is 259 g/mol. The zero-order valence-electron chi connectivity index (χ0n) is 9.33. The summed E-state index contributed by atoms with van der Waals surface area (Å²) in [7, 11) is 0. The lowest BCUT2D eigenvalue weighted by Crippen LogP contribution is -2.45. The second-order valence-electron chi connectivity index (χ2n) is 4.25. The summed E-state index contributed by atoms with van der Waals surface area (Å²) in [6.07, 6.45) is 1.90. The first-order valence-electron chi connectivity index (χ1n) is 5.58.